The van der Waals surface area contributed by atoms with Crippen molar-refractivity contribution in [2.75, 3.05) is 18.5 Å². The summed E-state index contributed by atoms with van der Waals surface area (Å²) in [5.74, 6) is 6.02. The van der Waals surface area contributed by atoms with Crippen LogP contribution in [0.1, 0.15) is 24.8 Å². The van der Waals surface area contributed by atoms with Crippen molar-refractivity contribution in [2.45, 2.75) is 25.7 Å². The molecule has 1 aromatic rings. The second-order valence-corrected chi connectivity index (χ2v) is 4.58. The van der Waals surface area contributed by atoms with E-state index in [1.807, 2.05) is 0 Å². The molecule has 0 saturated carbocycles. The number of halogens is 1. The highest BCUT2D eigenvalue weighted by Crippen LogP contribution is 2.04. The fraction of sp³-hybridized carbons (Fsp3) is 0.467. The lowest BCUT2D eigenvalue weighted by molar-refractivity contribution is 0.162. The van der Waals surface area contributed by atoms with E-state index in [9.17, 15) is 0 Å². The standard InChI is InChI=1S/C15H19BrO/c16-12-6-2-7-13-17-14-8-5-11-15-9-3-1-4-10-15/h1,3-4,9-10H,5-6,8,11-14H2. The van der Waals surface area contributed by atoms with Crippen LogP contribution >= 0.6 is 15.9 Å². The highest BCUT2D eigenvalue weighted by atomic mass is 79.9. The fourth-order valence-corrected chi connectivity index (χ4v) is 1.69. The third kappa shape index (κ3) is 8.01. The highest BCUT2D eigenvalue weighted by Gasteiger charge is 1.92. The molecule has 17 heavy (non-hydrogen) atoms. The van der Waals surface area contributed by atoms with Crippen LogP contribution in [0.2, 0.25) is 0 Å². The Morgan fingerprint density at radius 2 is 1.88 bits per heavy atom. The van der Waals surface area contributed by atoms with Crippen molar-refractivity contribution < 1.29 is 4.74 Å². The van der Waals surface area contributed by atoms with Crippen LogP contribution in [0.15, 0.2) is 30.3 Å². The van der Waals surface area contributed by atoms with E-state index in [2.05, 4.69) is 58.1 Å². The first-order valence-corrected chi connectivity index (χ1v) is 7.19. The van der Waals surface area contributed by atoms with Crippen molar-refractivity contribution in [3.8, 4) is 11.8 Å². The Hall–Kier alpha value is -0.780. The topological polar surface area (TPSA) is 9.23 Å². The Balaban J connectivity index is 1.94. The zero-order valence-corrected chi connectivity index (χ0v) is 11.7. The first-order valence-electron chi connectivity index (χ1n) is 6.07. The molecule has 92 valence electrons. The predicted octanol–water partition coefficient (Wildman–Crippen LogP) is 3.81. The largest absolute Gasteiger partial charge is 0.369 e. The summed E-state index contributed by atoms with van der Waals surface area (Å²) in [5, 5.41) is 0.942. The SMILES string of the molecule is BrCCC#CCOCCCCc1ccccc1. The minimum Gasteiger partial charge on any atom is -0.369 e. The molecule has 0 heterocycles. The van der Waals surface area contributed by atoms with Crippen molar-refractivity contribution in [3.05, 3.63) is 35.9 Å². The third-order valence-electron chi connectivity index (χ3n) is 2.37. The molecule has 0 N–H and O–H groups in total. The number of aryl methyl sites for hydroxylation is 1. The van der Waals surface area contributed by atoms with Crippen LogP contribution in [0, 0.1) is 11.8 Å². The van der Waals surface area contributed by atoms with Crippen LogP contribution in [0.5, 0.6) is 0 Å². The van der Waals surface area contributed by atoms with Gasteiger partial charge in [0, 0.05) is 18.4 Å². The normalized spacial score (nSPS) is 9.71. The minimum atomic E-state index is 0.568. The Kier molecular flexibility index (Phi) is 8.72. The van der Waals surface area contributed by atoms with Gasteiger partial charge in [-0.15, -0.1) is 0 Å². The van der Waals surface area contributed by atoms with Crippen molar-refractivity contribution in [2.24, 2.45) is 0 Å². The van der Waals surface area contributed by atoms with Crippen LogP contribution in [0.25, 0.3) is 0 Å². The molecule has 0 aromatic heterocycles. The molecular weight excluding hydrogens is 276 g/mol. The molecule has 0 radical (unpaired) electrons. The van der Waals surface area contributed by atoms with Gasteiger partial charge in [-0.3, -0.25) is 0 Å². The van der Waals surface area contributed by atoms with Gasteiger partial charge in [0.2, 0.25) is 0 Å². The van der Waals surface area contributed by atoms with Gasteiger partial charge < -0.3 is 4.74 Å². The number of hydrogen-bond donors (Lipinski definition) is 0. The average Bonchev–Trinajstić information content (AvgIpc) is 2.38. The monoisotopic (exact) mass is 294 g/mol. The molecular formula is C15H19BrO. The van der Waals surface area contributed by atoms with E-state index < -0.39 is 0 Å². The lowest BCUT2D eigenvalue weighted by Crippen LogP contribution is -1.96. The van der Waals surface area contributed by atoms with E-state index in [4.69, 9.17) is 4.74 Å². The van der Waals surface area contributed by atoms with Crippen molar-refractivity contribution in [1.82, 2.24) is 0 Å². The van der Waals surface area contributed by atoms with Crippen LogP contribution in [-0.4, -0.2) is 18.5 Å². The lowest BCUT2D eigenvalue weighted by atomic mass is 10.1. The molecule has 0 bridgehead atoms. The second-order valence-electron chi connectivity index (χ2n) is 3.79. The quantitative estimate of drug-likeness (QED) is 0.422. The van der Waals surface area contributed by atoms with Gasteiger partial charge in [-0.1, -0.05) is 58.1 Å². The van der Waals surface area contributed by atoms with Crippen LogP contribution in [0.3, 0.4) is 0 Å². The first kappa shape index (κ1) is 14.3. The molecule has 0 fully saturated rings. The van der Waals surface area contributed by atoms with Gasteiger partial charge in [0.15, 0.2) is 0 Å². The first-order chi connectivity index (χ1) is 8.43. The summed E-state index contributed by atoms with van der Waals surface area (Å²) < 4.78 is 5.43. The van der Waals surface area contributed by atoms with Gasteiger partial charge in [-0.25, -0.2) is 0 Å². The number of unbranched alkanes of at least 4 members (excludes halogenated alkanes) is 1. The smallest absolute Gasteiger partial charge is 0.107 e. The predicted molar refractivity (Wildman–Crippen MR) is 76.4 cm³/mol. The van der Waals surface area contributed by atoms with E-state index >= 15 is 0 Å². The molecule has 1 nitrogen and oxygen atoms in total. The summed E-state index contributed by atoms with van der Waals surface area (Å²) in [5.41, 5.74) is 1.41. The fourth-order valence-electron chi connectivity index (χ4n) is 1.49. The van der Waals surface area contributed by atoms with E-state index in [1.54, 1.807) is 0 Å². The maximum atomic E-state index is 5.43. The maximum Gasteiger partial charge on any atom is 0.107 e. The lowest BCUT2D eigenvalue weighted by Gasteiger charge is -2.01. The van der Waals surface area contributed by atoms with E-state index in [-0.39, 0.29) is 0 Å². The molecule has 2 heteroatoms. The Bertz CT molecular complexity index is 337. The molecule has 0 saturated heterocycles. The van der Waals surface area contributed by atoms with Gasteiger partial charge in [-0.2, -0.15) is 0 Å². The Morgan fingerprint density at radius 3 is 2.65 bits per heavy atom. The number of alkyl halides is 1. The number of rotatable bonds is 7. The molecule has 0 atom stereocenters. The van der Waals surface area contributed by atoms with Crippen LogP contribution in [-0.2, 0) is 11.2 Å². The summed E-state index contributed by atoms with van der Waals surface area (Å²) in [7, 11) is 0. The van der Waals surface area contributed by atoms with E-state index in [0.717, 1.165) is 31.2 Å². The van der Waals surface area contributed by atoms with Gasteiger partial charge in [0.25, 0.3) is 0 Å². The van der Waals surface area contributed by atoms with Gasteiger partial charge in [-0.05, 0) is 24.8 Å². The van der Waals surface area contributed by atoms with Crippen molar-refractivity contribution in [3.63, 3.8) is 0 Å². The van der Waals surface area contributed by atoms with Crippen LogP contribution < -0.4 is 0 Å². The zero-order chi connectivity index (χ0) is 12.2. The van der Waals surface area contributed by atoms with Gasteiger partial charge in [0.1, 0.15) is 6.61 Å². The van der Waals surface area contributed by atoms with Gasteiger partial charge >= 0.3 is 0 Å². The molecule has 0 aliphatic carbocycles. The summed E-state index contributed by atoms with van der Waals surface area (Å²) in [6.07, 6.45) is 4.32. The summed E-state index contributed by atoms with van der Waals surface area (Å²) in [6, 6.07) is 10.6. The molecule has 0 aliphatic heterocycles. The van der Waals surface area contributed by atoms with Crippen LogP contribution in [0.4, 0.5) is 0 Å². The molecule has 0 amide bonds. The molecule has 1 rings (SSSR count). The summed E-state index contributed by atoms with van der Waals surface area (Å²) in [6.45, 7) is 1.38. The number of ether oxygens (including phenoxy) is 1. The molecule has 0 aliphatic rings. The highest BCUT2D eigenvalue weighted by molar-refractivity contribution is 9.09. The summed E-state index contributed by atoms with van der Waals surface area (Å²) in [4.78, 5) is 0. The minimum absolute atomic E-state index is 0.568. The number of hydrogen-bond acceptors (Lipinski definition) is 1. The third-order valence-corrected chi connectivity index (χ3v) is 2.76. The maximum absolute atomic E-state index is 5.43. The van der Waals surface area contributed by atoms with Crippen molar-refractivity contribution >= 4 is 15.9 Å². The Labute approximate surface area is 113 Å². The average molecular weight is 295 g/mol. The molecule has 0 unspecified atom stereocenters. The van der Waals surface area contributed by atoms with Crippen molar-refractivity contribution in [1.29, 1.82) is 0 Å². The molecule has 1 aromatic carbocycles. The number of benzene rings is 1. The van der Waals surface area contributed by atoms with E-state index in [0.29, 0.717) is 6.61 Å². The second kappa shape index (κ2) is 10.4. The summed E-state index contributed by atoms with van der Waals surface area (Å²) >= 11 is 3.33. The van der Waals surface area contributed by atoms with E-state index in [1.165, 1.54) is 12.0 Å². The molecule has 0 spiro atoms. The van der Waals surface area contributed by atoms with Gasteiger partial charge in [0.05, 0.1) is 0 Å². The Morgan fingerprint density at radius 1 is 1.06 bits per heavy atom. The zero-order valence-electron chi connectivity index (χ0n) is 10.1.